The van der Waals surface area contributed by atoms with Gasteiger partial charge in [0.25, 0.3) is 0 Å². The number of hydrogen-bond donors (Lipinski definition) is 1. The van der Waals surface area contributed by atoms with Crippen LogP contribution in [-0.4, -0.2) is 43.8 Å². The number of ether oxygens (including phenoxy) is 1. The van der Waals surface area contributed by atoms with Gasteiger partial charge in [0.15, 0.2) is 0 Å². The Morgan fingerprint density at radius 1 is 1.47 bits per heavy atom. The third-order valence-electron chi connectivity index (χ3n) is 2.79. The molecule has 1 aliphatic rings. The maximum absolute atomic E-state index is 11.5. The molecule has 2 unspecified atom stereocenters. The van der Waals surface area contributed by atoms with E-state index in [1.807, 2.05) is 0 Å². The number of hydrogen-bond acceptors (Lipinski definition) is 2. The minimum Gasteiger partial charge on any atom is -0.378 e. The second kappa shape index (κ2) is 5.35. The van der Waals surface area contributed by atoms with Crippen LogP contribution in [0.3, 0.4) is 0 Å². The lowest BCUT2D eigenvalue weighted by molar-refractivity contribution is -0.0229. The van der Waals surface area contributed by atoms with Gasteiger partial charge in [-0.05, 0) is 18.8 Å². The van der Waals surface area contributed by atoms with Crippen molar-refractivity contribution in [1.29, 1.82) is 0 Å². The van der Waals surface area contributed by atoms with Gasteiger partial charge in [-0.3, -0.25) is 0 Å². The summed E-state index contributed by atoms with van der Waals surface area (Å²) >= 11 is 0. The van der Waals surface area contributed by atoms with E-state index in [0.717, 1.165) is 19.4 Å². The van der Waals surface area contributed by atoms with Crippen molar-refractivity contribution in [2.45, 2.75) is 38.8 Å². The Hall–Kier alpha value is -0.770. The maximum atomic E-state index is 11.5. The molecule has 1 N–H and O–H groups in total. The van der Waals surface area contributed by atoms with Crippen LogP contribution in [0.1, 0.15) is 26.7 Å². The zero-order valence-electron chi connectivity index (χ0n) is 10.1. The van der Waals surface area contributed by atoms with Crippen molar-refractivity contribution in [3.8, 4) is 0 Å². The first-order valence-electron chi connectivity index (χ1n) is 5.60. The molecule has 88 valence electrons. The minimum atomic E-state index is -0.00981. The molecule has 2 atom stereocenters. The number of amides is 2. The highest BCUT2D eigenvalue weighted by Gasteiger charge is 2.26. The molecule has 4 nitrogen and oxygen atoms in total. The first-order chi connectivity index (χ1) is 7.00. The van der Waals surface area contributed by atoms with Gasteiger partial charge in [0.1, 0.15) is 0 Å². The molecular weight excluding hydrogens is 192 g/mol. The predicted octanol–water partition coefficient (Wildman–Crippen LogP) is 1.46. The fraction of sp³-hybridized carbons (Fsp3) is 0.909. The summed E-state index contributed by atoms with van der Waals surface area (Å²) in [6.45, 7) is 5.06. The molecule has 15 heavy (non-hydrogen) atoms. The van der Waals surface area contributed by atoms with Gasteiger partial charge in [0.05, 0.1) is 6.10 Å². The summed E-state index contributed by atoms with van der Waals surface area (Å²) in [5.41, 5.74) is 0. The van der Waals surface area contributed by atoms with Crippen LogP contribution in [0.5, 0.6) is 0 Å². The summed E-state index contributed by atoms with van der Waals surface area (Å²) in [5, 5.41) is 3.01. The van der Waals surface area contributed by atoms with Gasteiger partial charge in [-0.1, -0.05) is 13.8 Å². The average Bonchev–Trinajstić information content (AvgIpc) is 2.18. The zero-order valence-corrected chi connectivity index (χ0v) is 10.1. The number of carbonyl (C=O) groups excluding carboxylic acids is 1. The number of nitrogens with zero attached hydrogens (tertiary/aromatic N) is 1. The van der Waals surface area contributed by atoms with E-state index in [1.54, 1.807) is 19.0 Å². The molecule has 0 bridgehead atoms. The number of rotatable bonds is 2. The Kier molecular flexibility index (Phi) is 4.39. The lowest BCUT2D eigenvalue weighted by atomic mass is 9.95. The number of urea groups is 1. The van der Waals surface area contributed by atoms with Gasteiger partial charge in [0.2, 0.25) is 0 Å². The van der Waals surface area contributed by atoms with Crippen LogP contribution in [0.2, 0.25) is 0 Å². The zero-order chi connectivity index (χ0) is 11.4. The Morgan fingerprint density at radius 3 is 2.67 bits per heavy atom. The number of carbonyl (C=O) groups is 1. The van der Waals surface area contributed by atoms with Crippen LogP contribution in [-0.2, 0) is 4.74 Å². The van der Waals surface area contributed by atoms with Crippen molar-refractivity contribution in [1.82, 2.24) is 10.2 Å². The van der Waals surface area contributed by atoms with Crippen molar-refractivity contribution in [2.24, 2.45) is 5.92 Å². The standard InChI is InChI=1S/C11H22N2O2/c1-8(2)10-7-9(5-6-15-10)12-11(14)13(3)4/h8-10H,5-7H2,1-4H3,(H,12,14). The molecule has 1 saturated heterocycles. The molecule has 1 rings (SSSR count). The molecular formula is C11H22N2O2. The van der Waals surface area contributed by atoms with E-state index < -0.39 is 0 Å². The second-order valence-electron chi connectivity index (χ2n) is 4.72. The first kappa shape index (κ1) is 12.3. The van der Waals surface area contributed by atoms with Gasteiger partial charge in [-0.25, -0.2) is 4.79 Å². The Labute approximate surface area is 92.0 Å². The van der Waals surface area contributed by atoms with Crippen molar-refractivity contribution >= 4 is 6.03 Å². The summed E-state index contributed by atoms with van der Waals surface area (Å²) in [5.74, 6) is 0.518. The third kappa shape index (κ3) is 3.70. The topological polar surface area (TPSA) is 41.6 Å². The van der Waals surface area contributed by atoms with Crippen LogP contribution in [0.4, 0.5) is 4.79 Å². The van der Waals surface area contributed by atoms with E-state index in [9.17, 15) is 4.79 Å². The molecule has 0 aromatic rings. The molecule has 2 amide bonds. The molecule has 1 fully saturated rings. The normalized spacial score (nSPS) is 26.5. The Bertz CT molecular complexity index is 217. The smallest absolute Gasteiger partial charge is 0.317 e. The highest BCUT2D eigenvalue weighted by molar-refractivity contribution is 5.73. The predicted molar refractivity (Wildman–Crippen MR) is 59.8 cm³/mol. The van der Waals surface area contributed by atoms with Crippen LogP contribution in [0.25, 0.3) is 0 Å². The second-order valence-corrected chi connectivity index (χ2v) is 4.72. The van der Waals surface area contributed by atoms with Crippen molar-refractivity contribution < 1.29 is 9.53 Å². The largest absolute Gasteiger partial charge is 0.378 e. The molecule has 1 aliphatic heterocycles. The molecule has 0 aromatic carbocycles. The third-order valence-corrected chi connectivity index (χ3v) is 2.79. The average molecular weight is 214 g/mol. The molecule has 4 heteroatoms. The van der Waals surface area contributed by atoms with Gasteiger partial charge in [-0.15, -0.1) is 0 Å². The molecule has 0 spiro atoms. The van der Waals surface area contributed by atoms with E-state index in [-0.39, 0.29) is 18.2 Å². The van der Waals surface area contributed by atoms with Crippen LogP contribution in [0.15, 0.2) is 0 Å². The van der Waals surface area contributed by atoms with Crippen LogP contribution < -0.4 is 5.32 Å². The highest BCUT2D eigenvalue weighted by Crippen LogP contribution is 2.20. The summed E-state index contributed by atoms with van der Waals surface area (Å²) in [4.78, 5) is 13.0. The van der Waals surface area contributed by atoms with E-state index in [2.05, 4.69) is 19.2 Å². The minimum absolute atomic E-state index is 0.00981. The van der Waals surface area contributed by atoms with Crippen LogP contribution >= 0.6 is 0 Å². The Morgan fingerprint density at radius 2 is 2.13 bits per heavy atom. The van der Waals surface area contributed by atoms with Crippen molar-refractivity contribution in [2.75, 3.05) is 20.7 Å². The van der Waals surface area contributed by atoms with Crippen LogP contribution in [0, 0.1) is 5.92 Å². The quantitative estimate of drug-likeness (QED) is 0.756. The first-order valence-corrected chi connectivity index (χ1v) is 5.60. The summed E-state index contributed by atoms with van der Waals surface area (Å²) < 4.78 is 5.65. The van der Waals surface area contributed by atoms with E-state index in [4.69, 9.17) is 4.74 Å². The molecule has 1 heterocycles. The van der Waals surface area contributed by atoms with E-state index in [1.165, 1.54) is 0 Å². The van der Waals surface area contributed by atoms with Gasteiger partial charge in [-0.2, -0.15) is 0 Å². The fourth-order valence-electron chi connectivity index (χ4n) is 1.73. The summed E-state index contributed by atoms with van der Waals surface area (Å²) in [6.07, 6.45) is 2.13. The SMILES string of the molecule is CC(C)C1CC(NC(=O)N(C)C)CCO1. The summed E-state index contributed by atoms with van der Waals surface area (Å²) in [6, 6.07) is 0.255. The van der Waals surface area contributed by atoms with E-state index >= 15 is 0 Å². The Balaban J connectivity index is 2.39. The lowest BCUT2D eigenvalue weighted by Crippen LogP contribution is -2.46. The number of nitrogens with one attached hydrogen (secondary N) is 1. The molecule has 0 saturated carbocycles. The van der Waals surface area contributed by atoms with Gasteiger partial charge >= 0.3 is 6.03 Å². The molecule has 0 aromatic heterocycles. The maximum Gasteiger partial charge on any atom is 0.317 e. The molecule has 0 radical (unpaired) electrons. The highest BCUT2D eigenvalue weighted by atomic mass is 16.5. The van der Waals surface area contributed by atoms with Gasteiger partial charge in [0, 0.05) is 26.7 Å². The monoisotopic (exact) mass is 214 g/mol. The molecule has 0 aliphatic carbocycles. The van der Waals surface area contributed by atoms with Gasteiger partial charge < -0.3 is 15.0 Å². The van der Waals surface area contributed by atoms with E-state index in [0.29, 0.717) is 5.92 Å². The summed E-state index contributed by atoms with van der Waals surface area (Å²) in [7, 11) is 3.52. The van der Waals surface area contributed by atoms with Crippen molar-refractivity contribution in [3.05, 3.63) is 0 Å². The lowest BCUT2D eigenvalue weighted by Gasteiger charge is -2.32. The van der Waals surface area contributed by atoms with Crippen molar-refractivity contribution in [3.63, 3.8) is 0 Å². The fourth-order valence-corrected chi connectivity index (χ4v) is 1.73.